The number of carbonyl (C=O) groups excluding carboxylic acids is 1. The van der Waals surface area contributed by atoms with E-state index in [-0.39, 0.29) is 5.91 Å². The summed E-state index contributed by atoms with van der Waals surface area (Å²) in [6.07, 6.45) is 3.39. The highest BCUT2D eigenvalue weighted by Gasteiger charge is 2.20. The van der Waals surface area contributed by atoms with Gasteiger partial charge in [-0.25, -0.2) is 0 Å². The minimum absolute atomic E-state index is 0.0109. The zero-order valence-electron chi connectivity index (χ0n) is 14.7. The van der Waals surface area contributed by atoms with Crippen LogP contribution >= 0.6 is 11.6 Å². The van der Waals surface area contributed by atoms with Crippen LogP contribution in [-0.2, 0) is 4.79 Å². The van der Waals surface area contributed by atoms with Crippen LogP contribution in [0.4, 0.5) is 5.69 Å². The fourth-order valence-electron chi connectivity index (χ4n) is 3.03. The molecule has 2 aromatic carbocycles. The molecule has 0 saturated carbocycles. The predicted molar refractivity (Wildman–Crippen MR) is 105 cm³/mol. The maximum Gasteiger partial charge on any atom is 0.246 e. The number of hydrogen-bond acceptors (Lipinski definition) is 3. The number of halogens is 1. The van der Waals surface area contributed by atoms with Crippen molar-refractivity contribution in [2.24, 2.45) is 0 Å². The molecule has 0 aliphatic carbocycles. The molecule has 3 rings (SSSR count). The number of rotatable bonds is 3. The van der Waals surface area contributed by atoms with Crippen molar-refractivity contribution in [3.05, 3.63) is 70.3 Å². The first-order valence-corrected chi connectivity index (χ1v) is 8.93. The van der Waals surface area contributed by atoms with Crippen molar-refractivity contribution in [3.63, 3.8) is 0 Å². The van der Waals surface area contributed by atoms with E-state index in [2.05, 4.69) is 17.9 Å². The molecule has 1 aliphatic rings. The van der Waals surface area contributed by atoms with E-state index >= 15 is 0 Å². The molecule has 0 radical (unpaired) electrons. The van der Waals surface area contributed by atoms with Gasteiger partial charge in [0.25, 0.3) is 0 Å². The van der Waals surface area contributed by atoms with Gasteiger partial charge in [-0.15, -0.1) is 0 Å². The van der Waals surface area contributed by atoms with Gasteiger partial charge in [0.1, 0.15) is 0 Å². The second kappa shape index (κ2) is 8.07. The molecule has 1 saturated heterocycles. The van der Waals surface area contributed by atoms with Crippen molar-refractivity contribution in [1.29, 1.82) is 5.26 Å². The summed E-state index contributed by atoms with van der Waals surface area (Å²) in [5, 5.41) is 9.54. The molecule has 1 fully saturated rings. The molecule has 1 aliphatic heterocycles. The van der Waals surface area contributed by atoms with Crippen LogP contribution in [0.3, 0.4) is 0 Å². The minimum Gasteiger partial charge on any atom is -0.368 e. The van der Waals surface area contributed by atoms with E-state index in [1.165, 1.54) is 5.56 Å². The third-order valence-electron chi connectivity index (χ3n) is 4.56. The molecule has 1 amide bonds. The molecule has 0 atom stereocenters. The Balaban J connectivity index is 1.58. The molecule has 0 N–H and O–H groups in total. The lowest BCUT2D eigenvalue weighted by Gasteiger charge is -2.36. The fraction of sp³-hybridized carbons (Fsp3) is 0.238. The van der Waals surface area contributed by atoms with Crippen LogP contribution in [0.5, 0.6) is 0 Å². The number of anilines is 1. The molecular formula is C21H20ClN3O. The summed E-state index contributed by atoms with van der Waals surface area (Å²) in [6, 6.07) is 15.2. The molecule has 26 heavy (non-hydrogen) atoms. The quantitative estimate of drug-likeness (QED) is 0.775. The molecule has 0 bridgehead atoms. The van der Waals surface area contributed by atoms with Gasteiger partial charge in [-0.05, 0) is 48.4 Å². The largest absolute Gasteiger partial charge is 0.368 e. The molecule has 0 spiro atoms. The van der Waals surface area contributed by atoms with Gasteiger partial charge in [0.15, 0.2) is 0 Å². The summed E-state index contributed by atoms with van der Waals surface area (Å²) in [5.74, 6) is 0.0109. The van der Waals surface area contributed by atoms with Crippen LogP contribution in [0.2, 0.25) is 5.02 Å². The molecule has 2 aromatic rings. The van der Waals surface area contributed by atoms with E-state index in [4.69, 9.17) is 16.9 Å². The van der Waals surface area contributed by atoms with Gasteiger partial charge in [-0.1, -0.05) is 29.8 Å². The number of hydrogen-bond donors (Lipinski definition) is 0. The number of piperazine rings is 1. The van der Waals surface area contributed by atoms with Crippen molar-refractivity contribution >= 4 is 29.3 Å². The standard InChI is InChI=1S/C21H20ClN3O/c1-16-2-8-19(22)14-20(16)24-10-12-25(13-11-24)21(26)9-7-17-3-5-18(15-23)6-4-17/h2-9,14H,10-13H2,1H3/b9-7+. The maximum absolute atomic E-state index is 12.4. The van der Waals surface area contributed by atoms with Crippen LogP contribution < -0.4 is 4.90 Å². The Kier molecular flexibility index (Phi) is 5.60. The van der Waals surface area contributed by atoms with E-state index in [1.54, 1.807) is 24.3 Å². The monoisotopic (exact) mass is 365 g/mol. The second-order valence-corrected chi connectivity index (χ2v) is 6.75. The lowest BCUT2D eigenvalue weighted by Crippen LogP contribution is -2.48. The first-order valence-electron chi connectivity index (χ1n) is 8.55. The zero-order valence-corrected chi connectivity index (χ0v) is 15.4. The van der Waals surface area contributed by atoms with E-state index in [0.717, 1.165) is 29.4 Å². The number of nitrogens with zero attached hydrogens (tertiary/aromatic N) is 3. The molecule has 132 valence electrons. The summed E-state index contributed by atoms with van der Waals surface area (Å²) in [5.41, 5.74) is 3.85. The first-order chi connectivity index (χ1) is 12.6. The van der Waals surface area contributed by atoms with E-state index < -0.39 is 0 Å². The lowest BCUT2D eigenvalue weighted by atomic mass is 10.1. The normalized spacial score (nSPS) is 14.5. The average molecular weight is 366 g/mol. The number of aryl methyl sites for hydroxylation is 1. The van der Waals surface area contributed by atoms with Crippen molar-refractivity contribution < 1.29 is 4.79 Å². The number of nitriles is 1. The first kappa shape index (κ1) is 18.0. The van der Waals surface area contributed by atoms with Crippen molar-refractivity contribution in [2.45, 2.75) is 6.92 Å². The molecule has 5 heteroatoms. The number of benzene rings is 2. The highest BCUT2D eigenvalue weighted by Crippen LogP contribution is 2.25. The van der Waals surface area contributed by atoms with E-state index in [9.17, 15) is 4.79 Å². The fourth-order valence-corrected chi connectivity index (χ4v) is 3.20. The Morgan fingerprint density at radius 2 is 1.81 bits per heavy atom. The van der Waals surface area contributed by atoms with Crippen molar-refractivity contribution in [1.82, 2.24) is 4.90 Å². The summed E-state index contributed by atoms with van der Waals surface area (Å²) in [7, 11) is 0. The Morgan fingerprint density at radius 3 is 2.46 bits per heavy atom. The third kappa shape index (κ3) is 4.25. The summed E-state index contributed by atoms with van der Waals surface area (Å²) in [6.45, 7) is 5.02. The summed E-state index contributed by atoms with van der Waals surface area (Å²) >= 11 is 6.12. The SMILES string of the molecule is Cc1ccc(Cl)cc1N1CCN(C(=O)/C=C/c2ccc(C#N)cc2)CC1. The summed E-state index contributed by atoms with van der Waals surface area (Å²) in [4.78, 5) is 16.5. The van der Waals surface area contributed by atoms with Gasteiger partial charge in [-0.3, -0.25) is 4.79 Å². The summed E-state index contributed by atoms with van der Waals surface area (Å²) < 4.78 is 0. The average Bonchev–Trinajstić information content (AvgIpc) is 2.68. The van der Waals surface area contributed by atoms with Crippen LogP contribution in [0.25, 0.3) is 6.08 Å². The van der Waals surface area contributed by atoms with Crippen LogP contribution in [0, 0.1) is 18.3 Å². The second-order valence-electron chi connectivity index (χ2n) is 6.31. The van der Waals surface area contributed by atoms with Gasteiger partial charge in [0.05, 0.1) is 11.6 Å². The molecule has 1 heterocycles. The van der Waals surface area contributed by atoms with Crippen molar-refractivity contribution in [3.8, 4) is 6.07 Å². The highest BCUT2D eigenvalue weighted by molar-refractivity contribution is 6.30. The van der Waals surface area contributed by atoms with Gasteiger partial charge in [-0.2, -0.15) is 5.26 Å². The Morgan fingerprint density at radius 1 is 1.12 bits per heavy atom. The molecule has 0 unspecified atom stereocenters. The molecular weight excluding hydrogens is 346 g/mol. The van der Waals surface area contributed by atoms with Gasteiger partial charge in [0.2, 0.25) is 5.91 Å². The molecule has 0 aromatic heterocycles. The smallest absolute Gasteiger partial charge is 0.246 e. The molecule has 4 nitrogen and oxygen atoms in total. The highest BCUT2D eigenvalue weighted by atomic mass is 35.5. The van der Waals surface area contributed by atoms with Crippen LogP contribution in [-0.4, -0.2) is 37.0 Å². The predicted octanol–water partition coefficient (Wildman–Crippen LogP) is 3.88. The van der Waals surface area contributed by atoms with Crippen molar-refractivity contribution in [2.75, 3.05) is 31.1 Å². The van der Waals surface area contributed by atoms with E-state index in [1.807, 2.05) is 35.2 Å². The minimum atomic E-state index is 0.0109. The van der Waals surface area contributed by atoms with Gasteiger partial charge in [0, 0.05) is 43.0 Å². The van der Waals surface area contributed by atoms with Crippen LogP contribution in [0.1, 0.15) is 16.7 Å². The topological polar surface area (TPSA) is 47.3 Å². The Labute approximate surface area is 158 Å². The maximum atomic E-state index is 12.4. The van der Waals surface area contributed by atoms with Gasteiger partial charge >= 0.3 is 0 Å². The van der Waals surface area contributed by atoms with E-state index in [0.29, 0.717) is 18.7 Å². The number of carbonyl (C=O) groups is 1. The van der Waals surface area contributed by atoms with Crippen LogP contribution in [0.15, 0.2) is 48.5 Å². The van der Waals surface area contributed by atoms with Gasteiger partial charge < -0.3 is 9.80 Å². The lowest BCUT2D eigenvalue weighted by molar-refractivity contribution is -0.126. The third-order valence-corrected chi connectivity index (χ3v) is 4.80. The Hall–Kier alpha value is -2.77. The number of amides is 1. The Bertz CT molecular complexity index is 860. The zero-order chi connectivity index (χ0) is 18.5.